The van der Waals surface area contributed by atoms with Crippen LogP contribution in [-0.4, -0.2) is 56.9 Å². The van der Waals surface area contributed by atoms with Gasteiger partial charge in [0, 0.05) is 18.8 Å². The number of phenolic OH excluding ortho intramolecular Hbond substituents is 3. The van der Waals surface area contributed by atoms with Crippen LogP contribution in [0, 0.1) is 5.92 Å². The van der Waals surface area contributed by atoms with E-state index in [1.165, 1.54) is 43.3 Å². The van der Waals surface area contributed by atoms with Crippen LogP contribution in [0.4, 0.5) is 0 Å². The Kier molecular flexibility index (Phi) is 11.1. The minimum Gasteiger partial charge on any atom is -0.508 e. The molecular formula is C32H37N3O7. The maximum absolute atomic E-state index is 13.6. The number of hydrogen-bond donors (Lipinski definition) is 6. The maximum Gasteiger partial charge on any atom is 0.243 e. The summed E-state index contributed by atoms with van der Waals surface area (Å²) in [6, 6.07) is 15.6. The second-order valence-electron chi connectivity index (χ2n) is 10.6. The first-order chi connectivity index (χ1) is 19.9. The van der Waals surface area contributed by atoms with Crippen molar-refractivity contribution >= 4 is 23.5 Å². The molecule has 0 aromatic heterocycles. The Labute approximate surface area is 244 Å². The molecule has 222 valence electrons. The molecule has 10 nitrogen and oxygen atoms in total. The van der Waals surface area contributed by atoms with Gasteiger partial charge in [0.2, 0.25) is 17.7 Å². The van der Waals surface area contributed by atoms with E-state index in [1.54, 1.807) is 50.2 Å². The largest absolute Gasteiger partial charge is 0.508 e. The normalized spacial score (nSPS) is 13.0. The molecule has 0 saturated heterocycles. The average Bonchev–Trinajstić information content (AvgIpc) is 2.95. The second kappa shape index (κ2) is 14.7. The average molecular weight is 576 g/mol. The molecule has 3 amide bonds. The fourth-order valence-corrected chi connectivity index (χ4v) is 4.20. The Morgan fingerprint density at radius 1 is 0.524 bits per heavy atom. The summed E-state index contributed by atoms with van der Waals surface area (Å²) in [5.41, 5.74) is 2.05. The Balaban J connectivity index is 1.85. The van der Waals surface area contributed by atoms with Crippen LogP contribution in [0.15, 0.2) is 72.8 Å². The minimum absolute atomic E-state index is 0.0414. The molecule has 3 atom stereocenters. The van der Waals surface area contributed by atoms with Gasteiger partial charge in [0.05, 0.1) is 6.04 Å². The smallest absolute Gasteiger partial charge is 0.243 e. The third-order valence-corrected chi connectivity index (χ3v) is 6.73. The van der Waals surface area contributed by atoms with Gasteiger partial charge in [-0.15, -0.1) is 0 Å². The number of ketones is 1. The van der Waals surface area contributed by atoms with Crippen LogP contribution in [0.2, 0.25) is 0 Å². The Morgan fingerprint density at radius 3 is 1.12 bits per heavy atom. The zero-order chi connectivity index (χ0) is 30.8. The summed E-state index contributed by atoms with van der Waals surface area (Å²) < 4.78 is 0. The van der Waals surface area contributed by atoms with Crippen LogP contribution in [0.1, 0.15) is 37.5 Å². The Hall–Kier alpha value is -4.86. The number of phenols is 3. The molecule has 0 saturated carbocycles. The van der Waals surface area contributed by atoms with Gasteiger partial charge in [-0.2, -0.15) is 0 Å². The molecule has 0 radical (unpaired) electrons. The third-order valence-electron chi connectivity index (χ3n) is 6.73. The predicted molar refractivity (Wildman–Crippen MR) is 157 cm³/mol. The molecule has 10 heteroatoms. The van der Waals surface area contributed by atoms with Crippen molar-refractivity contribution in [3.63, 3.8) is 0 Å². The molecule has 6 N–H and O–H groups in total. The minimum atomic E-state index is -1.12. The summed E-state index contributed by atoms with van der Waals surface area (Å²) in [7, 11) is 0. The van der Waals surface area contributed by atoms with Crippen molar-refractivity contribution in [2.24, 2.45) is 5.92 Å². The molecule has 0 heterocycles. The fraction of sp³-hybridized carbons (Fsp3) is 0.312. The molecular weight excluding hydrogens is 538 g/mol. The Morgan fingerprint density at radius 2 is 0.810 bits per heavy atom. The summed E-state index contributed by atoms with van der Waals surface area (Å²) in [5.74, 6) is -2.07. The van der Waals surface area contributed by atoms with Crippen LogP contribution in [0.25, 0.3) is 0 Å². The summed E-state index contributed by atoms with van der Waals surface area (Å²) in [4.78, 5) is 52.2. The van der Waals surface area contributed by atoms with E-state index in [2.05, 4.69) is 16.0 Å². The fourth-order valence-electron chi connectivity index (χ4n) is 4.20. The van der Waals surface area contributed by atoms with Crippen molar-refractivity contribution < 1.29 is 34.5 Å². The quantitative estimate of drug-likeness (QED) is 0.182. The number of carbonyl (C=O) groups excluding carboxylic acids is 4. The van der Waals surface area contributed by atoms with Gasteiger partial charge in [0.15, 0.2) is 5.78 Å². The lowest BCUT2D eigenvalue weighted by molar-refractivity contribution is -0.133. The highest BCUT2D eigenvalue weighted by Gasteiger charge is 2.30. The summed E-state index contributed by atoms with van der Waals surface area (Å²) in [6.45, 7) is 4.75. The number of aromatic hydroxyl groups is 3. The maximum atomic E-state index is 13.6. The van der Waals surface area contributed by atoms with E-state index < -0.39 is 35.9 Å². The molecule has 0 spiro atoms. The third kappa shape index (κ3) is 9.65. The topological polar surface area (TPSA) is 165 Å². The number of carbonyl (C=O) groups is 4. The molecule has 42 heavy (non-hydrogen) atoms. The van der Waals surface area contributed by atoms with Gasteiger partial charge in [-0.3, -0.25) is 19.2 Å². The van der Waals surface area contributed by atoms with Crippen LogP contribution in [0.5, 0.6) is 17.2 Å². The van der Waals surface area contributed by atoms with Gasteiger partial charge in [-0.1, -0.05) is 50.2 Å². The van der Waals surface area contributed by atoms with Crippen molar-refractivity contribution in [2.45, 2.75) is 58.2 Å². The molecule has 0 unspecified atom stereocenters. The first kappa shape index (κ1) is 31.7. The highest BCUT2D eigenvalue weighted by atomic mass is 16.3. The van der Waals surface area contributed by atoms with E-state index in [4.69, 9.17) is 0 Å². The van der Waals surface area contributed by atoms with Gasteiger partial charge in [-0.25, -0.2) is 0 Å². The second-order valence-corrected chi connectivity index (χ2v) is 10.6. The molecule has 3 aromatic carbocycles. The van der Waals surface area contributed by atoms with E-state index in [0.29, 0.717) is 11.1 Å². The number of nitrogens with one attached hydrogen (secondary N) is 3. The first-order valence-corrected chi connectivity index (χ1v) is 13.7. The number of amides is 3. The summed E-state index contributed by atoms with van der Waals surface area (Å²) in [5, 5.41) is 37.1. The van der Waals surface area contributed by atoms with E-state index in [-0.39, 0.29) is 48.2 Å². The lowest BCUT2D eigenvalue weighted by Crippen LogP contribution is -2.57. The van der Waals surface area contributed by atoms with Gasteiger partial charge in [0.1, 0.15) is 29.3 Å². The zero-order valence-corrected chi connectivity index (χ0v) is 23.8. The van der Waals surface area contributed by atoms with Crippen LogP contribution in [-0.2, 0) is 38.4 Å². The predicted octanol–water partition coefficient (Wildman–Crippen LogP) is 2.53. The number of benzene rings is 3. The van der Waals surface area contributed by atoms with Gasteiger partial charge in [0.25, 0.3) is 0 Å². The summed E-state index contributed by atoms with van der Waals surface area (Å²) >= 11 is 0. The SMILES string of the molecule is CC(=O)[C@H](Cc1ccc(O)cc1)NC(=O)[C@H](Cc1ccc(O)cc1)NC(=O)[C@H](Cc1ccc(O)cc1)NC(=O)C(C)C. The van der Waals surface area contributed by atoms with Crippen LogP contribution >= 0.6 is 0 Å². The van der Waals surface area contributed by atoms with E-state index >= 15 is 0 Å². The number of rotatable bonds is 13. The van der Waals surface area contributed by atoms with Crippen molar-refractivity contribution in [1.82, 2.24) is 16.0 Å². The molecule has 3 rings (SSSR count). The first-order valence-electron chi connectivity index (χ1n) is 13.7. The van der Waals surface area contributed by atoms with Crippen molar-refractivity contribution in [2.75, 3.05) is 0 Å². The van der Waals surface area contributed by atoms with Crippen LogP contribution < -0.4 is 16.0 Å². The Bertz CT molecular complexity index is 1370. The highest BCUT2D eigenvalue weighted by Crippen LogP contribution is 2.15. The summed E-state index contributed by atoms with van der Waals surface area (Å²) in [6.07, 6.45) is 0.329. The van der Waals surface area contributed by atoms with E-state index in [0.717, 1.165) is 5.56 Å². The van der Waals surface area contributed by atoms with Gasteiger partial charge < -0.3 is 31.3 Å². The molecule has 0 fully saturated rings. The molecule has 0 aliphatic carbocycles. The van der Waals surface area contributed by atoms with Crippen molar-refractivity contribution in [3.05, 3.63) is 89.5 Å². The number of hydrogen-bond acceptors (Lipinski definition) is 7. The van der Waals surface area contributed by atoms with Gasteiger partial charge in [-0.05, 0) is 66.4 Å². The molecule has 3 aromatic rings. The zero-order valence-electron chi connectivity index (χ0n) is 23.8. The molecule has 0 bridgehead atoms. The van der Waals surface area contributed by atoms with Crippen molar-refractivity contribution in [3.8, 4) is 17.2 Å². The molecule has 0 aliphatic heterocycles. The van der Waals surface area contributed by atoms with Crippen molar-refractivity contribution in [1.29, 1.82) is 0 Å². The number of Topliss-reactive ketones (excluding diaryl/α,β-unsaturated/α-hetero) is 1. The standard InChI is InChI=1S/C32H37N3O7/c1-19(2)30(40)34-28(17-22-6-12-25(38)13-7-22)32(42)35-29(18-23-8-14-26(39)15-9-23)31(41)33-27(20(3)36)16-21-4-10-24(37)11-5-21/h4-15,19,27-29,37-39H,16-18H2,1-3H3,(H,33,41)(H,34,40)(H,35,42)/t27-,28-,29-/m0/s1. The lowest BCUT2D eigenvalue weighted by atomic mass is 10.00. The molecule has 0 aliphatic rings. The van der Waals surface area contributed by atoms with E-state index in [1.807, 2.05) is 0 Å². The van der Waals surface area contributed by atoms with E-state index in [9.17, 15) is 34.5 Å². The lowest BCUT2D eigenvalue weighted by Gasteiger charge is -2.26. The highest BCUT2D eigenvalue weighted by molar-refractivity contribution is 5.94. The monoisotopic (exact) mass is 575 g/mol. The van der Waals surface area contributed by atoms with Crippen LogP contribution in [0.3, 0.4) is 0 Å². The van der Waals surface area contributed by atoms with Gasteiger partial charge >= 0.3 is 0 Å².